The van der Waals surface area contributed by atoms with Crippen LogP contribution in [0.2, 0.25) is 0 Å². The molecule has 2 aromatic rings. The summed E-state index contributed by atoms with van der Waals surface area (Å²) >= 11 is 0. The van der Waals surface area contributed by atoms with Crippen LogP contribution in [-0.4, -0.2) is 29.8 Å². The van der Waals surface area contributed by atoms with Crippen LogP contribution < -0.4 is 5.32 Å². The number of piperidine rings is 1. The third-order valence-electron chi connectivity index (χ3n) is 5.00. The van der Waals surface area contributed by atoms with E-state index < -0.39 is 17.0 Å². The Balaban J connectivity index is 1.91. The van der Waals surface area contributed by atoms with Crippen LogP contribution in [0.1, 0.15) is 25.3 Å². The van der Waals surface area contributed by atoms with Gasteiger partial charge in [-0.25, -0.2) is 8.78 Å². The largest absolute Gasteiger partial charge is 0.343 e. The quantitative estimate of drug-likeness (QED) is 0.913. The molecule has 136 valence electrons. The van der Waals surface area contributed by atoms with Crippen molar-refractivity contribution in [2.75, 3.05) is 18.4 Å². The minimum Gasteiger partial charge on any atom is -0.343 e. The summed E-state index contributed by atoms with van der Waals surface area (Å²) in [5.74, 6) is -1.90. The summed E-state index contributed by atoms with van der Waals surface area (Å²) in [6.07, 6.45) is 0.872. The zero-order valence-electron chi connectivity index (χ0n) is 14.5. The van der Waals surface area contributed by atoms with Crippen molar-refractivity contribution in [2.45, 2.75) is 25.2 Å². The van der Waals surface area contributed by atoms with Crippen molar-refractivity contribution in [1.82, 2.24) is 4.90 Å². The molecule has 0 saturated carbocycles. The molecule has 0 unspecified atom stereocenters. The van der Waals surface area contributed by atoms with Crippen LogP contribution >= 0.6 is 0 Å². The highest BCUT2D eigenvalue weighted by molar-refractivity contribution is 5.99. The second-order valence-corrected chi connectivity index (χ2v) is 6.53. The molecule has 2 aromatic carbocycles. The Morgan fingerprint density at radius 3 is 2.27 bits per heavy atom. The summed E-state index contributed by atoms with van der Waals surface area (Å²) in [6, 6.07) is 12.3. The van der Waals surface area contributed by atoms with E-state index in [1.165, 1.54) is 13.0 Å². The number of anilines is 1. The first-order chi connectivity index (χ1) is 12.4. The molecule has 0 atom stereocenters. The van der Waals surface area contributed by atoms with Gasteiger partial charge >= 0.3 is 0 Å². The van der Waals surface area contributed by atoms with Gasteiger partial charge < -0.3 is 10.2 Å². The molecule has 26 heavy (non-hydrogen) atoms. The summed E-state index contributed by atoms with van der Waals surface area (Å²) in [7, 11) is 0. The second kappa shape index (κ2) is 7.23. The minimum absolute atomic E-state index is 0.0309. The number of nitrogens with one attached hydrogen (secondary N) is 1. The van der Waals surface area contributed by atoms with Gasteiger partial charge in [-0.15, -0.1) is 0 Å². The van der Waals surface area contributed by atoms with Crippen LogP contribution in [0.3, 0.4) is 0 Å². The number of likely N-dealkylation sites (tertiary alicyclic amines) is 1. The maximum atomic E-state index is 14.0. The minimum atomic E-state index is -0.867. The lowest BCUT2D eigenvalue weighted by Crippen LogP contribution is -2.50. The predicted molar refractivity (Wildman–Crippen MR) is 94.6 cm³/mol. The van der Waals surface area contributed by atoms with E-state index in [0.717, 1.165) is 17.7 Å². The van der Waals surface area contributed by atoms with Crippen molar-refractivity contribution < 1.29 is 18.4 Å². The van der Waals surface area contributed by atoms with Gasteiger partial charge in [-0.1, -0.05) is 30.3 Å². The zero-order valence-corrected chi connectivity index (χ0v) is 14.5. The molecule has 0 spiro atoms. The Bertz CT molecular complexity index is 816. The summed E-state index contributed by atoms with van der Waals surface area (Å²) in [6.45, 7) is 2.40. The Labute approximate surface area is 150 Å². The van der Waals surface area contributed by atoms with Gasteiger partial charge in [0.15, 0.2) is 0 Å². The number of carbonyl (C=O) groups excluding carboxylic acids is 2. The Morgan fingerprint density at radius 1 is 1.04 bits per heavy atom. The van der Waals surface area contributed by atoms with Crippen LogP contribution in [0.5, 0.6) is 0 Å². The number of amides is 2. The molecule has 0 radical (unpaired) electrons. The molecule has 3 rings (SSSR count). The van der Waals surface area contributed by atoms with Crippen LogP contribution in [0.25, 0.3) is 0 Å². The number of benzene rings is 2. The fraction of sp³-hybridized carbons (Fsp3) is 0.300. The van der Waals surface area contributed by atoms with Gasteiger partial charge in [0.2, 0.25) is 11.8 Å². The molecule has 0 bridgehead atoms. The average molecular weight is 358 g/mol. The first-order valence-corrected chi connectivity index (χ1v) is 8.50. The van der Waals surface area contributed by atoms with Gasteiger partial charge in [0.25, 0.3) is 0 Å². The molecule has 1 aliphatic rings. The Kier molecular flexibility index (Phi) is 5.02. The number of carbonyl (C=O) groups is 2. The molecule has 1 saturated heterocycles. The molecule has 0 aliphatic carbocycles. The average Bonchev–Trinajstić information content (AvgIpc) is 2.64. The van der Waals surface area contributed by atoms with Crippen LogP contribution in [-0.2, 0) is 15.0 Å². The monoisotopic (exact) mass is 358 g/mol. The van der Waals surface area contributed by atoms with E-state index in [4.69, 9.17) is 0 Å². The van der Waals surface area contributed by atoms with Gasteiger partial charge in [0.05, 0.1) is 11.1 Å². The molecule has 0 aromatic heterocycles. The highest BCUT2D eigenvalue weighted by atomic mass is 19.1. The van der Waals surface area contributed by atoms with Crippen LogP contribution in [0.4, 0.5) is 14.5 Å². The maximum absolute atomic E-state index is 14.0. The van der Waals surface area contributed by atoms with E-state index in [-0.39, 0.29) is 17.5 Å². The van der Waals surface area contributed by atoms with E-state index in [0.29, 0.717) is 25.9 Å². The molecular weight excluding hydrogens is 338 g/mol. The zero-order chi connectivity index (χ0) is 18.7. The third-order valence-corrected chi connectivity index (χ3v) is 5.00. The van der Waals surface area contributed by atoms with Crippen molar-refractivity contribution in [3.8, 4) is 0 Å². The first-order valence-electron chi connectivity index (χ1n) is 8.50. The lowest BCUT2D eigenvalue weighted by atomic mass is 9.72. The summed E-state index contributed by atoms with van der Waals surface area (Å²) in [5, 5.41) is 2.61. The summed E-state index contributed by atoms with van der Waals surface area (Å²) in [4.78, 5) is 26.5. The molecule has 1 fully saturated rings. The highest BCUT2D eigenvalue weighted by Gasteiger charge is 2.43. The Hall–Kier alpha value is -2.76. The predicted octanol–water partition coefficient (Wildman–Crippen LogP) is 3.48. The molecule has 6 heteroatoms. The summed E-state index contributed by atoms with van der Waals surface area (Å²) < 4.78 is 27.1. The topological polar surface area (TPSA) is 49.4 Å². The van der Waals surface area contributed by atoms with Crippen molar-refractivity contribution in [3.63, 3.8) is 0 Å². The smallest absolute Gasteiger partial charge is 0.235 e. The van der Waals surface area contributed by atoms with E-state index in [1.807, 2.05) is 30.3 Å². The maximum Gasteiger partial charge on any atom is 0.235 e. The SMILES string of the molecule is CC(=O)N1CCC(C(=O)Nc2ccc(F)cc2F)(c2ccccc2)CC1. The fourth-order valence-electron chi connectivity index (χ4n) is 3.44. The Morgan fingerprint density at radius 2 is 1.69 bits per heavy atom. The van der Waals surface area contributed by atoms with Gasteiger partial charge in [0, 0.05) is 26.1 Å². The van der Waals surface area contributed by atoms with E-state index >= 15 is 0 Å². The van der Waals surface area contributed by atoms with Crippen molar-refractivity contribution in [3.05, 3.63) is 65.7 Å². The van der Waals surface area contributed by atoms with E-state index in [1.54, 1.807) is 4.90 Å². The van der Waals surface area contributed by atoms with Gasteiger partial charge in [0.1, 0.15) is 11.6 Å². The van der Waals surface area contributed by atoms with Crippen molar-refractivity contribution in [2.24, 2.45) is 0 Å². The number of hydrogen-bond donors (Lipinski definition) is 1. The fourth-order valence-corrected chi connectivity index (χ4v) is 3.44. The third kappa shape index (κ3) is 3.45. The van der Waals surface area contributed by atoms with Crippen molar-refractivity contribution in [1.29, 1.82) is 0 Å². The van der Waals surface area contributed by atoms with E-state index in [9.17, 15) is 18.4 Å². The molecule has 1 N–H and O–H groups in total. The van der Waals surface area contributed by atoms with Crippen molar-refractivity contribution >= 4 is 17.5 Å². The molecule has 4 nitrogen and oxygen atoms in total. The first kappa shape index (κ1) is 18.0. The van der Waals surface area contributed by atoms with Crippen LogP contribution in [0.15, 0.2) is 48.5 Å². The molecule has 1 heterocycles. The second-order valence-electron chi connectivity index (χ2n) is 6.53. The highest BCUT2D eigenvalue weighted by Crippen LogP contribution is 2.37. The standard InChI is InChI=1S/C20H20F2N2O2/c1-14(25)24-11-9-20(10-12-24,15-5-3-2-4-6-15)19(26)23-18-8-7-16(21)13-17(18)22/h2-8,13H,9-12H2,1H3,(H,23,26). The number of hydrogen-bond acceptors (Lipinski definition) is 2. The van der Waals surface area contributed by atoms with Gasteiger partial charge in [-0.05, 0) is 30.5 Å². The lowest BCUT2D eigenvalue weighted by molar-refractivity contribution is -0.133. The summed E-state index contributed by atoms with van der Waals surface area (Å²) in [5.41, 5.74) is -0.0995. The van der Waals surface area contributed by atoms with Gasteiger partial charge in [-0.2, -0.15) is 0 Å². The molecule has 1 aliphatic heterocycles. The number of nitrogens with zero attached hydrogens (tertiary/aromatic N) is 1. The normalized spacial score (nSPS) is 16.2. The molecular formula is C20H20F2N2O2. The van der Waals surface area contributed by atoms with Gasteiger partial charge in [-0.3, -0.25) is 9.59 Å². The van der Waals surface area contributed by atoms with Crippen LogP contribution in [0, 0.1) is 11.6 Å². The molecule has 2 amide bonds. The lowest BCUT2D eigenvalue weighted by Gasteiger charge is -2.40. The number of rotatable bonds is 3. The van der Waals surface area contributed by atoms with E-state index in [2.05, 4.69) is 5.32 Å². The number of halogens is 2.